The highest BCUT2D eigenvalue weighted by atomic mass is 127. The van der Waals surface area contributed by atoms with E-state index in [-0.39, 0.29) is 115 Å². The number of aryl methyl sites for hydroxylation is 1. The number of carbonyl (C=O) groups excluding carboxylic acids is 4. The summed E-state index contributed by atoms with van der Waals surface area (Å²) in [6, 6.07) is 31.6. The lowest BCUT2D eigenvalue weighted by atomic mass is 10.0. The first-order valence-corrected chi connectivity index (χ1v) is 45.2. The van der Waals surface area contributed by atoms with Crippen molar-refractivity contribution in [3.8, 4) is 6.01 Å². The van der Waals surface area contributed by atoms with E-state index in [1.807, 2.05) is 89.3 Å². The van der Waals surface area contributed by atoms with Gasteiger partial charge in [0.05, 0.1) is 48.2 Å². The monoisotopic (exact) mass is 1920 g/mol. The highest BCUT2D eigenvalue weighted by Gasteiger charge is 2.48. The largest absolute Gasteiger partial charge is 1.00 e. The lowest BCUT2D eigenvalue weighted by Gasteiger charge is -2.25. The van der Waals surface area contributed by atoms with Gasteiger partial charge in [-0.3, -0.25) is 19.3 Å². The molecule has 4 unspecified atom stereocenters. The highest BCUT2D eigenvalue weighted by molar-refractivity contribution is 7.90. The summed E-state index contributed by atoms with van der Waals surface area (Å²) in [5.41, 5.74) is 16.4. The molecule has 12 atom stereocenters. The van der Waals surface area contributed by atoms with Crippen LogP contribution in [0.1, 0.15) is 145 Å². The number of pyridine rings is 2. The molecule has 4 aliphatic heterocycles. The summed E-state index contributed by atoms with van der Waals surface area (Å²) in [6.07, 6.45) is 14.1. The Bertz CT molecular complexity index is 5210. The minimum absolute atomic E-state index is 0. The van der Waals surface area contributed by atoms with Crippen molar-refractivity contribution in [3.05, 3.63) is 166 Å². The molecule has 8 fully saturated rings. The van der Waals surface area contributed by atoms with Gasteiger partial charge in [0.1, 0.15) is 22.5 Å². The molecule has 5 aromatic heterocycles. The lowest BCUT2D eigenvalue weighted by molar-refractivity contribution is -0.122. The number of nitrogens with two attached hydrogens (primary N) is 2. The van der Waals surface area contributed by atoms with Gasteiger partial charge in [0.25, 0.3) is 26.6 Å². The molecule has 5 amide bonds. The predicted molar refractivity (Wildman–Crippen MR) is 494 cm³/mol. The number of methoxy groups -OCH3 is 1. The average molecular weight is 1920 g/mol. The van der Waals surface area contributed by atoms with Crippen molar-refractivity contribution < 1.29 is 107 Å². The van der Waals surface area contributed by atoms with Crippen LogP contribution in [0.5, 0.6) is 6.01 Å². The van der Waals surface area contributed by atoms with E-state index in [1.54, 1.807) is 35.4 Å². The quantitative estimate of drug-likeness (QED) is 0.0185. The number of hydrogen-bond donors (Lipinski definition) is 8. The maximum absolute atomic E-state index is 12.6. The molecule has 0 spiro atoms. The third kappa shape index (κ3) is 28.0. The number of carbonyl (C=O) groups is 5. The summed E-state index contributed by atoms with van der Waals surface area (Å²) in [5, 5.41) is 19.0. The second-order valence-corrected chi connectivity index (χ2v) is 39.6. The third-order valence-corrected chi connectivity index (χ3v) is 25.5. The number of anilines is 2. The van der Waals surface area contributed by atoms with E-state index in [4.69, 9.17) is 69.2 Å². The minimum Gasteiger partial charge on any atom is -1.00 e. The van der Waals surface area contributed by atoms with Crippen molar-refractivity contribution in [1.29, 1.82) is 0 Å². The number of amides is 5. The van der Waals surface area contributed by atoms with Crippen LogP contribution in [0.3, 0.4) is 0 Å². The number of rotatable bonds is 12. The Morgan fingerprint density at radius 3 is 1.57 bits per heavy atom. The first-order valence-electron chi connectivity index (χ1n) is 40.8. The topological polar surface area (TPSA) is 437 Å². The number of nitrogens with zero attached hydrogens (tertiary/aromatic N) is 11. The van der Waals surface area contributed by atoms with Crippen LogP contribution in [0.25, 0.3) is 31.8 Å². The van der Waals surface area contributed by atoms with Crippen LogP contribution in [0, 0.1) is 67.4 Å². The molecular formula is C86H137ClIN18O15S3-. The van der Waals surface area contributed by atoms with Gasteiger partial charge in [-0.05, 0) is 203 Å². The summed E-state index contributed by atoms with van der Waals surface area (Å²) in [4.78, 5) is 86.8. The molecule has 8 aliphatic rings. The summed E-state index contributed by atoms with van der Waals surface area (Å²) in [5.74, 6) is 3.95. The van der Waals surface area contributed by atoms with Crippen molar-refractivity contribution in [2.45, 2.75) is 180 Å². The second kappa shape index (κ2) is 44.1. The summed E-state index contributed by atoms with van der Waals surface area (Å²) in [6.45, 7) is 40.9. The molecule has 3 aromatic carbocycles. The Hall–Kier alpha value is -9.55. The number of likely N-dealkylation sites (tertiary alicyclic amines) is 4. The standard InChI is InChI=1S/C19H20N8O2S.C19H28N2O2.C14H8ClN3O2S.C13H23NO5S.C12H22N2O2.C8H11N.CH2O2.HI.H3N.10H2/c1-20-14-7-22-16-13(3-4-21-16)15(14)23-12-5-10-8-27(9-11(10)6-12)19(28)25-18-24-17(29-2)26-30-18;1-19(2,3)23-18(22)21-12-15-9-17(10-16(15)13-21)20-11-14-7-5-4-6-8-14;1-16-12-9-17-14-11(13(12)15)7-8-18(14)21(19,20)10-5-3-2-4-6-10;1-13(2,3)18-12(15)14-7-9-5-11(6-10(9)8-14)19-20(4,16)17;1-12(2,3)16-11(15)14-6-8-4-10(13)5-9(8)7-14;1-7-2-4-8(6-9)5-3-7;2-1-3;;;;;;;;;;;;/h3-4,7,10-12H,5-6,8-9H2,2H3,(H2,21,22,23)(H,24,25,26,28);4-8,15-17,20H,9-13H2,1-3H3;2-9H;9-11H,5-8H2,1-4H3;8-10H,4-7,13H2,1-3H3;2-5H,6,9H2,1H3;1H,(H,2,3);1H;1H3;10*1H/p-1/t10-,11+,12?;15-,16+,17?;;9-,10+,11?;8-,9+,10?;;;;;;;;;;;;;;. The number of hydrogen-bond acceptors (Lipinski definition) is 24. The van der Waals surface area contributed by atoms with E-state index in [0.29, 0.717) is 108 Å². The SMILES string of the molecule is CC(C)(C)OC(=O)N1C[C@H]2CC(N)C[C@H]2C1.CC(C)(C)OC(=O)N1C[C@H]2CC(NCc3ccccc3)C[C@H]2C1.CC(C)(C)OC(=O)N1C[C@H]2CC(OS(C)(=O)=O)C[C@H]2C1.Cc1ccc(CN)cc1.N.O=CO.[C-]#[N+]c1cnc2[nH]ccc2c1NC1C[C@@H]2CN(C(=O)Nc3nc(OC)ns3)C[C@@H]2C1.[C-]#[N+]c1cnc2c(ccn2S(=O)(=O)c2ccccc2)c1Cl.[HH].[HH].[HH].[HH].[HH].[HH].[HH].[HH].[HH].[HH].[I-]. The Labute approximate surface area is 767 Å². The summed E-state index contributed by atoms with van der Waals surface area (Å²) >= 11 is 7.19. The molecule has 124 heavy (non-hydrogen) atoms. The molecule has 8 aromatic rings. The van der Waals surface area contributed by atoms with Gasteiger partial charge in [0.15, 0.2) is 5.65 Å². The summed E-state index contributed by atoms with van der Waals surface area (Å²) in [7, 11) is -5.64. The van der Waals surface area contributed by atoms with E-state index in [2.05, 4.69) is 111 Å². The summed E-state index contributed by atoms with van der Waals surface area (Å²) < 4.78 is 78.7. The molecule has 16 rings (SSSR count). The Balaban J connectivity index is -0.00000153. The molecule has 4 aliphatic carbocycles. The van der Waals surface area contributed by atoms with Crippen molar-refractivity contribution in [3.63, 3.8) is 0 Å². The molecule has 33 nitrogen and oxygen atoms in total. The molecule has 0 bridgehead atoms. The number of aromatic nitrogens is 6. The van der Waals surface area contributed by atoms with Crippen LogP contribution in [0.2, 0.25) is 5.02 Å². The van der Waals surface area contributed by atoms with Crippen LogP contribution < -0.4 is 62.3 Å². The minimum atomic E-state index is -3.74. The number of carboxylic acid groups (broad SMARTS) is 1. The normalized spacial score (nSPS) is 22.5. The van der Waals surface area contributed by atoms with E-state index in [0.717, 1.165) is 123 Å². The highest BCUT2D eigenvalue weighted by Crippen LogP contribution is 2.45. The predicted octanol–water partition coefficient (Wildman–Crippen LogP) is 14.2. The fourth-order valence-corrected chi connectivity index (χ4v) is 19.7. The number of nitrogens with one attached hydrogen (secondary N) is 4. The van der Waals surface area contributed by atoms with E-state index >= 15 is 0 Å². The Kier molecular flexibility index (Phi) is 35.5. The molecule has 694 valence electrons. The number of ether oxygens (including phenoxy) is 4. The van der Waals surface area contributed by atoms with Gasteiger partial charge in [0, 0.05) is 145 Å². The van der Waals surface area contributed by atoms with Crippen molar-refractivity contribution in [1.82, 2.24) is 59.3 Å². The number of aromatic amines is 1. The van der Waals surface area contributed by atoms with Gasteiger partial charge >= 0.3 is 30.3 Å². The smallest absolute Gasteiger partial charge is 0.410 e. The molecule has 38 heteroatoms. The molecular weight excluding hydrogens is 1780 g/mol. The third-order valence-electron chi connectivity index (χ3n) is 22.2. The zero-order chi connectivity index (χ0) is 88.6. The number of H-pyrrole nitrogens is 1. The first-order chi connectivity index (χ1) is 57.7. The zero-order valence-corrected chi connectivity index (χ0v) is 77.6. The van der Waals surface area contributed by atoms with E-state index in [1.165, 1.54) is 48.3 Å². The maximum Gasteiger partial charge on any atom is 0.410 e. The van der Waals surface area contributed by atoms with Crippen LogP contribution in [-0.4, -0.2) is 207 Å². The lowest BCUT2D eigenvalue weighted by Crippen LogP contribution is -3.00. The van der Waals surface area contributed by atoms with Crippen LogP contribution >= 0.6 is 23.1 Å². The fraction of sp³-hybridized carbons (Fsp3) is 0.523. The van der Waals surface area contributed by atoms with E-state index in [9.17, 15) is 36.0 Å². The van der Waals surface area contributed by atoms with Gasteiger partial charge in [-0.1, -0.05) is 90.0 Å². The Morgan fingerprint density at radius 2 is 1.11 bits per heavy atom. The van der Waals surface area contributed by atoms with Gasteiger partial charge < -0.3 is 101 Å². The van der Waals surface area contributed by atoms with Crippen LogP contribution in [0.15, 0.2) is 127 Å². The van der Waals surface area contributed by atoms with Gasteiger partial charge in [-0.15, -0.1) is 4.37 Å². The van der Waals surface area contributed by atoms with Gasteiger partial charge in [0.2, 0.25) is 16.5 Å². The Morgan fingerprint density at radius 1 is 0.653 bits per heavy atom. The zero-order valence-electron chi connectivity index (χ0n) is 72.2. The van der Waals surface area contributed by atoms with Crippen molar-refractivity contribution in [2.24, 2.45) is 58.8 Å². The van der Waals surface area contributed by atoms with Crippen molar-refractivity contribution in [2.75, 3.05) is 76.4 Å². The number of urea groups is 1. The molecule has 4 saturated carbocycles. The van der Waals surface area contributed by atoms with Crippen LogP contribution in [-0.2, 0) is 56.4 Å². The van der Waals surface area contributed by atoms with E-state index < -0.39 is 36.9 Å². The fourth-order valence-electron chi connectivity index (χ4n) is 16.9. The number of halogens is 2. The molecule has 0 radical (unpaired) electrons. The van der Waals surface area contributed by atoms with Gasteiger partial charge in [-0.2, -0.15) is 13.4 Å². The van der Waals surface area contributed by atoms with Crippen molar-refractivity contribution >= 4 is 118 Å². The molecule has 4 saturated heterocycles. The van der Waals surface area contributed by atoms with Crippen LogP contribution in [0.4, 0.5) is 41.4 Å². The molecule has 12 N–H and O–H groups in total. The first kappa shape index (κ1) is 99.9. The number of fused-ring (bicyclic) bond motifs is 6. The second-order valence-electron chi connectivity index (χ2n) is 35.0. The average Bonchev–Trinajstić information content (AvgIpc) is 1.59. The van der Waals surface area contributed by atoms with Gasteiger partial charge in [-0.25, -0.2) is 46.2 Å². The number of benzene rings is 3. The maximum atomic E-state index is 12.6. The molecule has 9 heterocycles.